The Labute approximate surface area is 193 Å². The first kappa shape index (κ1) is 23.9. The molecule has 33 heavy (non-hydrogen) atoms. The summed E-state index contributed by atoms with van der Waals surface area (Å²) < 4.78 is 4.56. The van der Waals surface area contributed by atoms with Crippen LogP contribution in [0.15, 0.2) is 54.6 Å². The number of hydrazine groups is 1. The molecule has 2 aromatic rings. The molecule has 7 heteroatoms. The van der Waals surface area contributed by atoms with Crippen LogP contribution in [-0.2, 0) is 20.9 Å². The Morgan fingerprint density at radius 3 is 2.39 bits per heavy atom. The molecular weight excluding hydrogens is 418 g/mol. The van der Waals surface area contributed by atoms with Crippen LogP contribution in [0.4, 0.5) is 0 Å². The molecule has 3 rings (SSSR count). The van der Waals surface area contributed by atoms with Gasteiger partial charge >= 0.3 is 5.97 Å². The van der Waals surface area contributed by atoms with Crippen LogP contribution in [0.5, 0.6) is 0 Å². The number of ether oxygens (including phenoxy) is 1. The first-order chi connectivity index (χ1) is 15.9. The van der Waals surface area contributed by atoms with E-state index in [-0.39, 0.29) is 0 Å². The van der Waals surface area contributed by atoms with Crippen molar-refractivity contribution < 1.29 is 19.1 Å². The number of hydrogen-bond acceptors (Lipinski definition) is 6. The summed E-state index contributed by atoms with van der Waals surface area (Å²) in [5.74, 6) is 10.9. The summed E-state index contributed by atoms with van der Waals surface area (Å²) in [5.41, 5.74) is 3.30. The number of esters is 1. The summed E-state index contributed by atoms with van der Waals surface area (Å²) >= 11 is 0. The molecule has 0 aromatic heterocycles. The predicted octanol–water partition coefficient (Wildman–Crippen LogP) is 2.40. The van der Waals surface area contributed by atoms with Gasteiger partial charge in [-0.25, -0.2) is 9.80 Å². The largest absolute Gasteiger partial charge is 0.467 e. The van der Waals surface area contributed by atoms with E-state index in [1.807, 2.05) is 35.4 Å². The number of carbonyl (C=O) groups excluding carboxylic acids is 3. The summed E-state index contributed by atoms with van der Waals surface area (Å²) in [5, 5.41) is 1.89. The molecule has 7 nitrogen and oxygen atoms in total. The molecule has 2 N–H and O–H groups in total. The zero-order valence-electron chi connectivity index (χ0n) is 18.7. The number of nitrogens with zero attached hydrogens (tertiary/aromatic N) is 2. The Hall–Kier alpha value is -3.73. The van der Waals surface area contributed by atoms with Gasteiger partial charge in [-0.05, 0) is 60.4 Å². The highest BCUT2D eigenvalue weighted by Gasteiger charge is 2.28. The maximum Gasteiger partial charge on any atom is 0.336 e. The molecule has 1 amide bonds. The van der Waals surface area contributed by atoms with E-state index in [0.717, 1.165) is 28.1 Å². The quantitative estimate of drug-likeness (QED) is 0.168. The fourth-order valence-electron chi connectivity index (χ4n) is 3.19. The van der Waals surface area contributed by atoms with E-state index in [1.54, 1.807) is 30.3 Å². The summed E-state index contributed by atoms with van der Waals surface area (Å²) in [4.78, 5) is 36.4. The van der Waals surface area contributed by atoms with Crippen LogP contribution >= 0.6 is 0 Å². The summed E-state index contributed by atoms with van der Waals surface area (Å²) in [6.07, 6.45) is 6.32. The second-order valence-corrected chi connectivity index (χ2v) is 7.85. The van der Waals surface area contributed by atoms with E-state index in [1.165, 1.54) is 27.0 Å². The zero-order chi connectivity index (χ0) is 23.8. The highest BCUT2D eigenvalue weighted by atomic mass is 16.5. The maximum absolute atomic E-state index is 12.5. The van der Waals surface area contributed by atoms with E-state index < -0.39 is 17.9 Å². The average Bonchev–Trinajstić information content (AvgIpc) is 3.69. The molecule has 1 unspecified atom stereocenters. The normalized spacial score (nSPS) is 13.8. The number of carbonyl (C=O) groups is 3. The second-order valence-electron chi connectivity index (χ2n) is 7.85. The van der Waals surface area contributed by atoms with Crippen LogP contribution in [0.2, 0.25) is 0 Å². The lowest BCUT2D eigenvalue weighted by Gasteiger charge is -2.21. The van der Waals surface area contributed by atoms with E-state index in [9.17, 15) is 14.4 Å². The fourth-order valence-corrected chi connectivity index (χ4v) is 3.19. The van der Waals surface area contributed by atoms with Gasteiger partial charge in [-0.1, -0.05) is 36.1 Å². The van der Waals surface area contributed by atoms with Gasteiger partial charge in [-0.2, -0.15) is 0 Å². The van der Waals surface area contributed by atoms with Gasteiger partial charge in [0.15, 0.2) is 12.3 Å². The molecule has 1 fully saturated rings. The molecule has 1 saturated carbocycles. The van der Waals surface area contributed by atoms with Crippen molar-refractivity contribution >= 4 is 24.2 Å². The SMILES string of the molecule is COC(=O)C(C=O)N(C)C(=O)c1ccc(/C=C/C#Cc2ccc(CN(N)C3CC3)cc2)cc1. The third-order valence-corrected chi connectivity index (χ3v) is 5.38. The minimum absolute atomic E-state index is 0.356. The van der Waals surface area contributed by atoms with Gasteiger partial charge in [0.2, 0.25) is 0 Å². The molecule has 2 aromatic carbocycles. The van der Waals surface area contributed by atoms with Crippen LogP contribution in [0.25, 0.3) is 6.08 Å². The lowest BCUT2D eigenvalue weighted by Crippen LogP contribution is -2.44. The first-order valence-electron chi connectivity index (χ1n) is 10.6. The minimum Gasteiger partial charge on any atom is -0.467 e. The van der Waals surface area contributed by atoms with Crippen LogP contribution in [0.1, 0.15) is 39.9 Å². The molecule has 1 atom stereocenters. The van der Waals surface area contributed by atoms with Crippen molar-refractivity contribution in [3.8, 4) is 11.8 Å². The van der Waals surface area contributed by atoms with Crippen LogP contribution < -0.4 is 5.84 Å². The molecule has 0 radical (unpaired) electrons. The minimum atomic E-state index is -1.28. The number of methoxy groups -OCH3 is 1. The molecule has 0 saturated heterocycles. The monoisotopic (exact) mass is 445 g/mol. The third-order valence-electron chi connectivity index (χ3n) is 5.38. The van der Waals surface area contributed by atoms with Crippen molar-refractivity contribution in [1.29, 1.82) is 0 Å². The van der Waals surface area contributed by atoms with Gasteiger partial charge in [0, 0.05) is 30.8 Å². The second kappa shape index (κ2) is 11.2. The number of rotatable bonds is 8. The third kappa shape index (κ3) is 6.62. The number of benzene rings is 2. The summed E-state index contributed by atoms with van der Waals surface area (Å²) in [6, 6.07) is 14.1. The Morgan fingerprint density at radius 2 is 1.82 bits per heavy atom. The van der Waals surface area contributed by atoms with Crippen LogP contribution in [0.3, 0.4) is 0 Å². The number of likely N-dealkylation sites (N-methyl/N-ethyl adjacent to an activating group) is 1. The van der Waals surface area contributed by atoms with Gasteiger partial charge in [0.1, 0.15) is 0 Å². The van der Waals surface area contributed by atoms with Gasteiger partial charge in [0.05, 0.1) is 7.11 Å². The summed E-state index contributed by atoms with van der Waals surface area (Å²) in [6.45, 7) is 0.741. The highest BCUT2D eigenvalue weighted by Crippen LogP contribution is 2.25. The van der Waals surface area contributed by atoms with Crippen molar-refractivity contribution in [2.24, 2.45) is 5.84 Å². The lowest BCUT2D eigenvalue weighted by molar-refractivity contribution is -0.147. The Morgan fingerprint density at radius 1 is 1.15 bits per heavy atom. The molecule has 1 aliphatic carbocycles. The molecule has 0 spiro atoms. The van der Waals surface area contributed by atoms with Crippen LogP contribution in [0, 0.1) is 11.8 Å². The van der Waals surface area contributed by atoms with Crippen LogP contribution in [-0.4, -0.2) is 54.3 Å². The number of amides is 1. The average molecular weight is 446 g/mol. The van der Waals surface area contributed by atoms with Crippen molar-refractivity contribution in [2.75, 3.05) is 14.2 Å². The number of allylic oxidation sites excluding steroid dienone is 1. The van der Waals surface area contributed by atoms with E-state index >= 15 is 0 Å². The number of nitrogens with two attached hydrogens (primary N) is 1. The molecule has 0 aliphatic heterocycles. The number of aldehydes is 1. The van der Waals surface area contributed by atoms with Gasteiger partial charge in [-0.3, -0.25) is 10.6 Å². The first-order valence-corrected chi connectivity index (χ1v) is 10.6. The topological polar surface area (TPSA) is 92.9 Å². The smallest absolute Gasteiger partial charge is 0.336 e. The van der Waals surface area contributed by atoms with Gasteiger partial charge in [-0.15, -0.1) is 0 Å². The van der Waals surface area contributed by atoms with Gasteiger partial charge in [0.25, 0.3) is 5.91 Å². The fraction of sp³-hybridized carbons (Fsp3) is 0.269. The summed E-state index contributed by atoms with van der Waals surface area (Å²) in [7, 11) is 2.55. The molecule has 170 valence electrons. The molecule has 0 heterocycles. The Kier molecular flexibility index (Phi) is 8.14. The van der Waals surface area contributed by atoms with Crippen molar-refractivity contribution in [3.63, 3.8) is 0 Å². The number of hydrogen-bond donors (Lipinski definition) is 1. The van der Waals surface area contributed by atoms with Crippen molar-refractivity contribution in [2.45, 2.75) is 31.5 Å². The van der Waals surface area contributed by atoms with Crippen molar-refractivity contribution in [3.05, 3.63) is 76.9 Å². The lowest BCUT2D eigenvalue weighted by atomic mass is 10.1. The van der Waals surface area contributed by atoms with E-state index in [4.69, 9.17) is 5.84 Å². The standard InChI is InChI=1S/C26H27N3O4/c1-28(24(18-30)26(32)33-2)25(31)22-13-11-20(12-14-22)6-4-3-5-19-7-9-21(10-8-19)17-29(27)23-15-16-23/h4,6-14,18,23-24H,15-17,27H2,1-2H3/b6-4+. The Bertz CT molecular complexity index is 1080. The van der Waals surface area contributed by atoms with E-state index in [0.29, 0.717) is 17.9 Å². The molecule has 1 aliphatic rings. The zero-order valence-corrected chi connectivity index (χ0v) is 18.7. The van der Waals surface area contributed by atoms with Gasteiger partial charge < -0.3 is 14.4 Å². The Balaban J connectivity index is 1.56. The maximum atomic E-state index is 12.5. The molecule has 0 bridgehead atoms. The highest BCUT2D eigenvalue weighted by molar-refractivity contribution is 6.01. The molecular formula is C26H27N3O4. The van der Waals surface area contributed by atoms with E-state index in [2.05, 4.69) is 16.6 Å². The van der Waals surface area contributed by atoms with Crippen molar-refractivity contribution in [1.82, 2.24) is 9.91 Å². The predicted molar refractivity (Wildman–Crippen MR) is 126 cm³/mol.